The third kappa shape index (κ3) is 4.93. The second kappa shape index (κ2) is 8.27. The Morgan fingerprint density at radius 3 is 2.82 bits per heavy atom. The van der Waals surface area contributed by atoms with E-state index in [-0.39, 0.29) is 18.2 Å². The van der Waals surface area contributed by atoms with Crippen LogP contribution >= 0.6 is 11.6 Å². The number of ether oxygens (including phenoxy) is 2. The van der Waals surface area contributed by atoms with E-state index in [4.69, 9.17) is 21.1 Å². The van der Waals surface area contributed by atoms with Gasteiger partial charge in [-0.15, -0.1) is 0 Å². The number of morpholine rings is 1. The van der Waals surface area contributed by atoms with Gasteiger partial charge in [0.1, 0.15) is 0 Å². The summed E-state index contributed by atoms with van der Waals surface area (Å²) in [7, 11) is 0. The number of benzene rings is 1. The maximum absolute atomic E-state index is 10.1. The first-order chi connectivity index (χ1) is 10.5. The lowest BCUT2D eigenvalue weighted by Crippen LogP contribution is -2.48. The smallest absolute Gasteiger partial charge is 0.0967 e. The molecular weight excluding hydrogens is 302 g/mol. The van der Waals surface area contributed by atoms with Gasteiger partial charge in [0.25, 0.3) is 0 Å². The van der Waals surface area contributed by atoms with Crippen LogP contribution in [0.1, 0.15) is 32.4 Å². The summed E-state index contributed by atoms with van der Waals surface area (Å²) >= 11 is 6.26. The first-order valence-electron chi connectivity index (χ1n) is 7.87. The van der Waals surface area contributed by atoms with Gasteiger partial charge in [-0.2, -0.15) is 0 Å². The number of hydrogen-bond donors (Lipinski definition) is 1. The van der Waals surface area contributed by atoms with Crippen molar-refractivity contribution in [1.29, 1.82) is 0 Å². The molecule has 1 aromatic rings. The molecule has 1 heterocycles. The molecule has 1 saturated heterocycles. The number of rotatable bonds is 6. The lowest BCUT2D eigenvalue weighted by molar-refractivity contribution is -0.0816. The highest BCUT2D eigenvalue weighted by Gasteiger charge is 2.29. The van der Waals surface area contributed by atoms with E-state index in [0.29, 0.717) is 19.8 Å². The van der Waals surface area contributed by atoms with Crippen molar-refractivity contribution in [3.05, 3.63) is 34.9 Å². The average molecular weight is 328 g/mol. The van der Waals surface area contributed by atoms with E-state index in [1.54, 1.807) is 0 Å². The Morgan fingerprint density at radius 2 is 2.14 bits per heavy atom. The Bertz CT molecular complexity index is 469. The SMILES string of the molecule is CC(C)OCC(O)CN1CC(c2ccccc2Cl)OCC1C. The Labute approximate surface area is 138 Å². The van der Waals surface area contributed by atoms with Crippen LogP contribution in [0.15, 0.2) is 24.3 Å². The summed E-state index contributed by atoms with van der Waals surface area (Å²) in [5.74, 6) is 0. The minimum Gasteiger partial charge on any atom is -0.389 e. The molecule has 0 aromatic heterocycles. The van der Waals surface area contributed by atoms with Crippen LogP contribution in [0.4, 0.5) is 0 Å². The van der Waals surface area contributed by atoms with Crippen LogP contribution in [-0.2, 0) is 9.47 Å². The first kappa shape index (κ1) is 17.7. The second-order valence-corrected chi connectivity index (χ2v) is 6.59. The van der Waals surface area contributed by atoms with Crippen molar-refractivity contribution in [3.8, 4) is 0 Å². The van der Waals surface area contributed by atoms with Crippen LogP contribution in [0.3, 0.4) is 0 Å². The van der Waals surface area contributed by atoms with Crippen LogP contribution in [-0.4, -0.2) is 54.6 Å². The first-order valence-corrected chi connectivity index (χ1v) is 8.25. The number of halogens is 1. The van der Waals surface area contributed by atoms with E-state index in [1.165, 1.54) is 0 Å². The zero-order chi connectivity index (χ0) is 16.1. The molecule has 1 fully saturated rings. The summed E-state index contributed by atoms with van der Waals surface area (Å²) in [5.41, 5.74) is 1.01. The number of aliphatic hydroxyl groups excluding tert-OH is 1. The predicted octanol–water partition coefficient (Wildman–Crippen LogP) is 2.89. The zero-order valence-corrected chi connectivity index (χ0v) is 14.3. The van der Waals surface area contributed by atoms with Crippen LogP contribution in [0.25, 0.3) is 0 Å². The van der Waals surface area contributed by atoms with E-state index >= 15 is 0 Å². The molecule has 1 N–H and O–H groups in total. The number of hydrogen-bond acceptors (Lipinski definition) is 4. The Kier molecular flexibility index (Phi) is 6.66. The maximum Gasteiger partial charge on any atom is 0.0967 e. The molecule has 0 spiro atoms. The molecule has 124 valence electrons. The Balaban J connectivity index is 1.95. The number of nitrogens with zero attached hydrogens (tertiary/aromatic N) is 1. The van der Waals surface area contributed by atoms with Crippen LogP contribution in [0.5, 0.6) is 0 Å². The standard InChI is InChI=1S/C17H26ClNO3/c1-12(2)21-11-14(20)8-19-9-17(22-10-13(19)3)15-6-4-5-7-16(15)18/h4-7,12-14,17,20H,8-11H2,1-3H3. The normalized spacial score (nSPS) is 24.6. The van der Waals surface area contributed by atoms with Crippen molar-refractivity contribution in [2.75, 3.05) is 26.3 Å². The van der Waals surface area contributed by atoms with Gasteiger partial charge < -0.3 is 14.6 Å². The van der Waals surface area contributed by atoms with E-state index in [1.807, 2.05) is 38.1 Å². The van der Waals surface area contributed by atoms with E-state index < -0.39 is 6.10 Å². The average Bonchev–Trinajstić information content (AvgIpc) is 2.48. The molecule has 4 nitrogen and oxygen atoms in total. The fourth-order valence-electron chi connectivity index (χ4n) is 2.61. The molecule has 3 atom stereocenters. The van der Waals surface area contributed by atoms with Crippen molar-refractivity contribution < 1.29 is 14.6 Å². The van der Waals surface area contributed by atoms with Gasteiger partial charge in [0, 0.05) is 29.7 Å². The Morgan fingerprint density at radius 1 is 1.41 bits per heavy atom. The fourth-order valence-corrected chi connectivity index (χ4v) is 2.87. The summed E-state index contributed by atoms with van der Waals surface area (Å²) in [6, 6.07) is 8.04. The lowest BCUT2D eigenvalue weighted by atomic mass is 10.1. The summed E-state index contributed by atoms with van der Waals surface area (Å²) in [6.07, 6.45) is -0.411. The lowest BCUT2D eigenvalue weighted by Gasteiger charge is -2.39. The predicted molar refractivity (Wildman–Crippen MR) is 88.3 cm³/mol. The minimum absolute atomic E-state index is 0.0527. The molecule has 0 aliphatic carbocycles. The molecule has 0 bridgehead atoms. The molecular formula is C17H26ClNO3. The van der Waals surface area contributed by atoms with Gasteiger partial charge in [-0.3, -0.25) is 4.90 Å². The van der Waals surface area contributed by atoms with Crippen molar-refractivity contribution in [2.24, 2.45) is 0 Å². The zero-order valence-electron chi connectivity index (χ0n) is 13.5. The summed E-state index contributed by atoms with van der Waals surface area (Å²) in [6.45, 7) is 8.35. The molecule has 1 aliphatic rings. The largest absolute Gasteiger partial charge is 0.389 e. The van der Waals surface area contributed by atoms with Gasteiger partial charge in [0.2, 0.25) is 0 Å². The van der Waals surface area contributed by atoms with Gasteiger partial charge >= 0.3 is 0 Å². The van der Waals surface area contributed by atoms with Crippen molar-refractivity contribution in [2.45, 2.75) is 45.1 Å². The minimum atomic E-state index is -0.491. The van der Waals surface area contributed by atoms with Gasteiger partial charge in [-0.05, 0) is 26.8 Å². The third-order valence-electron chi connectivity index (χ3n) is 3.88. The highest BCUT2D eigenvalue weighted by atomic mass is 35.5. The second-order valence-electron chi connectivity index (χ2n) is 6.18. The number of aliphatic hydroxyl groups is 1. The molecule has 0 saturated carbocycles. The molecule has 5 heteroatoms. The highest BCUT2D eigenvalue weighted by Crippen LogP contribution is 2.29. The van der Waals surface area contributed by atoms with Gasteiger partial charge in [-0.1, -0.05) is 29.8 Å². The monoisotopic (exact) mass is 327 g/mol. The summed E-state index contributed by atoms with van der Waals surface area (Å²) in [4.78, 5) is 2.24. The maximum atomic E-state index is 10.1. The van der Waals surface area contributed by atoms with Crippen molar-refractivity contribution in [1.82, 2.24) is 4.90 Å². The van der Waals surface area contributed by atoms with E-state index in [0.717, 1.165) is 17.1 Å². The van der Waals surface area contributed by atoms with Crippen LogP contribution in [0, 0.1) is 0 Å². The molecule has 1 aromatic carbocycles. The number of β-amino-alcohol motifs (C(OH)–C–C–N with tert-alkyl or cyclic N) is 1. The molecule has 22 heavy (non-hydrogen) atoms. The van der Waals surface area contributed by atoms with Crippen LogP contribution in [0.2, 0.25) is 5.02 Å². The molecule has 0 radical (unpaired) electrons. The summed E-state index contributed by atoms with van der Waals surface area (Å²) < 4.78 is 11.4. The fraction of sp³-hybridized carbons (Fsp3) is 0.647. The molecule has 2 rings (SSSR count). The third-order valence-corrected chi connectivity index (χ3v) is 4.23. The topological polar surface area (TPSA) is 41.9 Å². The van der Waals surface area contributed by atoms with Gasteiger partial charge in [0.15, 0.2) is 0 Å². The van der Waals surface area contributed by atoms with Gasteiger partial charge in [0.05, 0.1) is 31.5 Å². The summed E-state index contributed by atoms with van der Waals surface area (Å²) in [5, 5.41) is 10.9. The quantitative estimate of drug-likeness (QED) is 0.872. The van der Waals surface area contributed by atoms with E-state index in [9.17, 15) is 5.11 Å². The highest BCUT2D eigenvalue weighted by molar-refractivity contribution is 6.31. The Hall–Kier alpha value is -0.650. The van der Waals surface area contributed by atoms with Crippen molar-refractivity contribution in [3.63, 3.8) is 0 Å². The molecule has 3 unspecified atom stereocenters. The van der Waals surface area contributed by atoms with E-state index in [2.05, 4.69) is 11.8 Å². The van der Waals surface area contributed by atoms with Gasteiger partial charge in [-0.25, -0.2) is 0 Å². The molecule has 0 amide bonds. The van der Waals surface area contributed by atoms with Crippen molar-refractivity contribution >= 4 is 11.6 Å². The van der Waals surface area contributed by atoms with Crippen LogP contribution < -0.4 is 0 Å². The molecule has 1 aliphatic heterocycles.